The van der Waals surface area contributed by atoms with Crippen LogP contribution in [0.1, 0.15) is 35.5 Å². The van der Waals surface area contributed by atoms with E-state index in [1.54, 1.807) is 16.8 Å². The molecule has 17 heavy (non-hydrogen) atoms. The molecule has 0 atom stereocenters. The molecule has 2 heterocycles. The molecule has 0 aromatic carbocycles. The summed E-state index contributed by atoms with van der Waals surface area (Å²) in [4.78, 5) is 16.0. The minimum atomic E-state index is -0.0662. The van der Waals surface area contributed by atoms with Gasteiger partial charge in [0.25, 0.3) is 0 Å². The number of carbonyl (C=O) groups excluding carboxylic acids is 1. The molecule has 2 rings (SSSR count). The van der Waals surface area contributed by atoms with E-state index in [0.717, 1.165) is 18.7 Å². The molecule has 0 saturated carbocycles. The predicted molar refractivity (Wildman–Crippen MR) is 61.8 cm³/mol. The van der Waals surface area contributed by atoms with Gasteiger partial charge < -0.3 is 4.42 Å². The second-order valence-corrected chi connectivity index (χ2v) is 3.91. The minimum absolute atomic E-state index is 0.0662. The van der Waals surface area contributed by atoms with Gasteiger partial charge in [-0.1, -0.05) is 6.92 Å². The molecule has 0 aliphatic carbocycles. The van der Waals surface area contributed by atoms with E-state index in [2.05, 4.69) is 17.0 Å². The third-order valence-corrected chi connectivity index (χ3v) is 2.46. The van der Waals surface area contributed by atoms with E-state index in [9.17, 15) is 4.79 Å². The summed E-state index contributed by atoms with van der Waals surface area (Å²) in [6, 6.07) is 3.47. The van der Waals surface area contributed by atoms with Crippen LogP contribution in [-0.4, -0.2) is 20.5 Å². The van der Waals surface area contributed by atoms with Crippen LogP contribution in [0.25, 0.3) is 0 Å². The number of aromatic nitrogens is 3. The van der Waals surface area contributed by atoms with Crippen molar-refractivity contribution in [3.63, 3.8) is 0 Å². The van der Waals surface area contributed by atoms with Gasteiger partial charge in [-0.3, -0.25) is 4.79 Å². The normalized spacial score (nSPS) is 10.7. The van der Waals surface area contributed by atoms with Gasteiger partial charge in [-0.15, -0.1) is 0 Å². The standard InChI is InChI=1S/C12H15N3O2/c1-3-6-15-12(13-8-14-15)7-10(16)11-5-4-9(2)17-11/h4-5,8H,3,6-7H2,1-2H3. The molecule has 0 radical (unpaired) electrons. The van der Waals surface area contributed by atoms with Crippen LogP contribution in [-0.2, 0) is 13.0 Å². The Kier molecular flexibility index (Phi) is 3.37. The SMILES string of the molecule is CCCn1ncnc1CC(=O)c1ccc(C)o1. The Morgan fingerprint density at radius 3 is 2.94 bits per heavy atom. The molecule has 0 aliphatic rings. The van der Waals surface area contributed by atoms with Crippen LogP contribution in [0.2, 0.25) is 0 Å². The Hall–Kier alpha value is -1.91. The fraction of sp³-hybridized carbons (Fsp3) is 0.417. The molecule has 5 nitrogen and oxygen atoms in total. The maximum atomic E-state index is 11.9. The van der Waals surface area contributed by atoms with Crippen LogP contribution in [0.15, 0.2) is 22.9 Å². The Morgan fingerprint density at radius 1 is 1.47 bits per heavy atom. The number of rotatable bonds is 5. The molecular weight excluding hydrogens is 218 g/mol. The zero-order valence-electron chi connectivity index (χ0n) is 10.0. The first-order valence-corrected chi connectivity index (χ1v) is 5.67. The first-order chi connectivity index (χ1) is 8.20. The van der Waals surface area contributed by atoms with Gasteiger partial charge in [0.1, 0.15) is 17.9 Å². The van der Waals surface area contributed by atoms with Crippen molar-refractivity contribution in [2.24, 2.45) is 0 Å². The average Bonchev–Trinajstić information content (AvgIpc) is 2.89. The molecule has 0 spiro atoms. The van der Waals surface area contributed by atoms with E-state index in [1.807, 2.05) is 6.92 Å². The number of hydrogen-bond donors (Lipinski definition) is 0. The first-order valence-electron chi connectivity index (χ1n) is 5.67. The fourth-order valence-electron chi connectivity index (χ4n) is 1.64. The van der Waals surface area contributed by atoms with Gasteiger partial charge in [-0.25, -0.2) is 9.67 Å². The van der Waals surface area contributed by atoms with Gasteiger partial charge in [0.05, 0.1) is 6.42 Å². The molecule has 0 bridgehead atoms. The third kappa shape index (κ3) is 2.61. The maximum Gasteiger partial charge on any atom is 0.205 e. The lowest BCUT2D eigenvalue weighted by Gasteiger charge is -2.02. The molecule has 0 unspecified atom stereocenters. The molecule has 0 fully saturated rings. The summed E-state index contributed by atoms with van der Waals surface area (Å²) in [5.74, 6) is 1.74. The van der Waals surface area contributed by atoms with E-state index < -0.39 is 0 Å². The number of ketones is 1. The lowest BCUT2D eigenvalue weighted by atomic mass is 10.2. The summed E-state index contributed by atoms with van der Waals surface area (Å²) < 4.78 is 7.04. The molecule has 0 saturated heterocycles. The number of furan rings is 1. The van der Waals surface area contributed by atoms with Gasteiger partial charge in [0.15, 0.2) is 5.76 Å². The molecule has 0 amide bonds. The molecule has 5 heteroatoms. The highest BCUT2D eigenvalue weighted by Gasteiger charge is 2.14. The number of carbonyl (C=O) groups is 1. The van der Waals surface area contributed by atoms with Gasteiger partial charge in [0, 0.05) is 6.54 Å². The molecule has 0 aliphatic heterocycles. The number of hydrogen-bond acceptors (Lipinski definition) is 4. The van der Waals surface area contributed by atoms with Crippen LogP contribution in [0.3, 0.4) is 0 Å². The smallest absolute Gasteiger partial charge is 0.205 e. The van der Waals surface area contributed by atoms with Gasteiger partial charge in [-0.05, 0) is 25.5 Å². The zero-order chi connectivity index (χ0) is 12.3. The zero-order valence-corrected chi connectivity index (χ0v) is 10.0. The number of aryl methyl sites for hydroxylation is 2. The maximum absolute atomic E-state index is 11.9. The van der Waals surface area contributed by atoms with Gasteiger partial charge in [-0.2, -0.15) is 5.10 Å². The topological polar surface area (TPSA) is 60.9 Å². The number of nitrogens with zero attached hydrogens (tertiary/aromatic N) is 3. The average molecular weight is 233 g/mol. The van der Waals surface area contributed by atoms with Crippen molar-refractivity contribution in [3.8, 4) is 0 Å². The molecule has 2 aromatic rings. The summed E-state index contributed by atoms with van der Waals surface area (Å²) >= 11 is 0. The fourth-order valence-corrected chi connectivity index (χ4v) is 1.64. The Morgan fingerprint density at radius 2 is 2.29 bits per heavy atom. The Balaban J connectivity index is 2.10. The van der Waals surface area contributed by atoms with Crippen LogP contribution >= 0.6 is 0 Å². The Labute approximate surface area is 99.5 Å². The molecule has 2 aromatic heterocycles. The monoisotopic (exact) mass is 233 g/mol. The second-order valence-electron chi connectivity index (χ2n) is 3.91. The highest BCUT2D eigenvalue weighted by Crippen LogP contribution is 2.10. The van der Waals surface area contributed by atoms with E-state index in [-0.39, 0.29) is 12.2 Å². The molecule has 0 N–H and O–H groups in total. The van der Waals surface area contributed by atoms with Crippen molar-refractivity contribution in [1.82, 2.24) is 14.8 Å². The first kappa shape index (κ1) is 11.6. The van der Waals surface area contributed by atoms with Crippen molar-refractivity contribution in [2.75, 3.05) is 0 Å². The summed E-state index contributed by atoms with van der Waals surface area (Å²) in [5.41, 5.74) is 0. The second kappa shape index (κ2) is 4.95. The van der Waals surface area contributed by atoms with E-state index >= 15 is 0 Å². The van der Waals surface area contributed by atoms with Crippen LogP contribution < -0.4 is 0 Å². The van der Waals surface area contributed by atoms with E-state index in [0.29, 0.717) is 11.6 Å². The Bertz CT molecular complexity index is 513. The highest BCUT2D eigenvalue weighted by atomic mass is 16.3. The lowest BCUT2D eigenvalue weighted by Crippen LogP contribution is -2.11. The van der Waals surface area contributed by atoms with E-state index in [4.69, 9.17) is 4.42 Å². The molecule has 90 valence electrons. The van der Waals surface area contributed by atoms with Crippen molar-refractivity contribution in [3.05, 3.63) is 35.8 Å². The third-order valence-electron chi connectivity index (χ3n) is 2.46. The van der Waals surface area contributed by atoms with Crippen molar-refractivity contribution < 1.29 is 9.21 Å². The van der Waals surface area contributed by atoms with Crippen molar-refractivity contribution in [1.29, 1.82) is 0 Å². The number of Topliss-reactive ketones (excluding diaryl/α,β-unsaturated/α-hetero) is 1. The minimum Gasteiger partial charge on any atom is -0.458 e. The van der Waals surface area contributed by atoms with Gasteiger partial charge in [0.2, 0.25) is 5.78 Å². The van der Waals surface area contributed by atoms with Crippen molar-refractivity contribution in [2.45, 2.75) is 33.2 Å². The van der Waals surface area contributed by atoms with Crippen LogP contribution in [0, 0.1) is 6.92 Å². The molecular formula is C12H15N3O2. The summed E-state index contributed by atoms with van der Waals surface area (Å²) in [6.07, 6.45) is 2.67. The largest absolute Gasteiger partial charge is 0.458 e. The van der Waals surface area contributed by atoms with Gasteiger partial charge >= 0.3 is 0 Å². The van der Waals surface area contributed by atoms with Crippen LogP contribution in [0.5, 0.6) is 0 Å². The highest BCUT2D eigenvalue weighted by molar-refractivity contribution is 5.94. The summed E-state index contributed by atoms with van der Waals surface area (Å²) in [6.45, 7) is 4.65. The van der Waals surface area contributed by atoms with Crippen LogP contribution in [0.4, 0.5) is 0 Å². The lowest BCUT2D eigenvalue weighted by molar-refractivity contribution is 0.0961. The van der Waals surface area contributed by atoms with Crippen molar-refractivity contribution >= 4 is 5.78 Å². The summed E-state index contributed by atoms with van der Waals surface area (Å²) in [5, 5.41) is 4.08. The quantitative estimate of drug-likeness (QED) is 0.741. The summed E-state index contributed by atoms with van der Waals surface area (Å²) in [7, 11) is 0. The predicted octanol–water partition coefficient (Wildman–Crippen LogP) is 2.01. The van der Waals surface area contributed by atoms with E-state index in [1.165, 1.54) is 6.33 Å².